The third-order valence-electron chi connectivity index (χ3n) is 6.39. The van der Waals surface area contributed by atoms with Gasteiger partial charge in [-0.3, -0.25) is 14.7 Å². The van der Waals surface area contributed by atoms with E-state index in [4.69, 9.17) is 15.2 Å². The Bertz CT molecular complexity index is 1140. The lowest BCUT2D eigenvalue weighted by atomic mass is 9.98. The number of carbonyl (C=O) groups is 2. The van der Waals surface area contributed by atoms with Crippen molar-refractivity contribution in [3.05, 3.63) is 48.0 Å². The van der Waals surface area contributed by atoms with Crippen LogP contribution in [0.1, 0.15) is 45.6 Å². The van der Waals surface area contributed by atoms with E-state index in [2.05, 4.69) is 4.99 Å². The van der Waals surface area contributed by atoms with Gasteiger partial charge in [0.05, 0.1) is 6.54 Å². The summed E-state index contributed by atoms with van der Waals surface area (Å²) in [7, 11) is 1.78. The van der Waals surface area contributed by atoms with Crippen LogP contribution >= 0.6 is 0 Å². The lowest BCUT2D eigenvalue weighted by Crippen LogP contribution is -2.48. The minimum Gasteiger partial charge on any atom is -0.488 e. The van der Waals surface area contributed by atoms with Gasteiger partial charge in [0.15, 0.2) is 0 Å². The summed E-state index contributed by atoms with van der Waals surface area (Å²) in [6.07, 6.45) is 3.04. The maximum atomic E-state index is 13.4. The molecule has 2 unspecified atom stereocenters. The standard InChI is InChI=1S/C28H36N4O4/c1-28(2,3)36-27(34)32-18-21-16-25(32)26(33)31(4)14-6-5-13-30-17-23-22(11-8-12-24(23)29)19-9-7-10-20(15-19)35-21/h7-12,15,17,21,25H,5-6,13-14,16,18,29H2,1-4H3. The number of likely N-dealkylation sites (N-methyl/N-ethyl adjacent to an activating group) is 1. The number of ether oxygens (including phenoxy) is 2. The average molecular weight is 493 g/mol. The molecule has 0 aromatic heterocycles. The lowest BCUT2D eigenvalue weighted by molar-refractivity contribution is -0.134. The van der Waals surface area contributed by atoms with Gasteiger partial charge in [-0.05, 0) is 62.9 Å². The first-order chi connectivity index (χ1) is 17.1. The number of fused-ring (bicyclic) bond motifs is 6. The summed E-state index contributed by atoms with van der Waals surface area (Å²) < 4.78 is 11.9. The van der Waals surface area contributed by atoms with Crippen LogP contribution in [0.25, 0.3) is 11.1 Å². The number of rotatable bonds is 0. The van der Waals surface area contributed by atoms with E-state index in [1.165, 1.54) is 4.90 Å². The predicted octanol–water partition coefficient (Wildman–Crippen LogP) is 4.36. The monoisotopic (exact) mass is 492 g/mol. The quantitative estimate of drug-likeness (QED) is 0.551. The van der Waals surface area contributed by atoms with Crippen LogP contribution in [0.4, 0.5) is 10.5 Å². The summed E-state index contributed by atoms with van der Waals surface area (Å²) in [6, 6.07) is 13.0. The second-order valence-corrected chi connectivity index (χ2v) is 10.5. The highest BCUT2D eigenvalue weighted by atomic mass is 16.6. The van der Waals surface area contributed by atoms with Crippen molar-refractivity contribution in [2.75, 3.05) is 32.4 Å². The molecule has 36 heavy (non-hydrogen) atoms. The third kappa shape index (κ3) is 5.98. The number of carbonyl (C=O) groups excluding carboxylic acids is 2. The van der Waals surface area contributed by atoms with Gasteiger partial charge >= 0.3 is 6.09 Å². The number of anilines is 1. The number of hydrogen-bond donors (Lipinski definition) is 1. The zero-order valence-electron chi connectivity index (χ0n) is 21.6. The molecule has 4 rings (SSSR count). The Kier molecular flexibility index (Phi) is 7.52. The summed E-state index contributed by atoms with van der Waals surface area (Å²) in [5.41, 5.74) is 9.12. The summed E-state index contributed by atoms with van der Waals surface area (Å²) in [5.74, 6) is 0.562. The highest BCUT2D eigenvalue weighted by molar-refractivity contribution is 5.96. The maximum Gasteiger partial charge on any atom is 0.411 e. The van der Waals surface area contributed by atoms with E-state index in [9.17, 15) is 9.59 Å². The van der Waals surface area contributed by atoms with Crippen molar-refractivity contribution >= 4 is 23.9 Å². The van der Waals surface area contributed by atoms with Crippen molar-refractivity contribution < 1.29 is 19.1 Å². The first-order valence-electron chi connectivity index (χ1n) is 12.5. The van der Waals surface area contributed by atoms with Gasteiger partial charge in [0.1, 0.15) is 23.5 Å². The molecule has 8 nitrogen and oxygen atoms in total. The molecule has 0 saturated carbocycles. The van der Waals surface area contributed by atoms with Crippen molar-refractivity contribution in [3.63, 3.8) is 0 Å². The van der Waals surface area contributed by atoms with Gasteiger partial charge in [-0.2, -0.15) is 0 Å². The first-order valence-corrected chi connectivity index (χ1v) is 12.5. The summed E-state index contributed by atoms with van der Waals surface area (Å²) in [4.78, 5) is 34.2. The van der Waals surface area contributed by atoms with Gasteiger partial charge in [-0.1, -0.05) is 24.3 Å². The molecule has 4 bridgehead atoms. The smallest absolute Gasteiger partial charge is 0.411 e. The molecule has 2 aromatic rings. The molecule has 0 aliphatic carbocycles. The van der Waals surface area contributed by atoms with E-state index in [1.54, 1.807) is 11.9 Å². The van der Waals surface area contributed by atoms with Crippen molar-refractivity contribution in [1.82, 2.24) is 9.80 Å². The molecule has 2 aromatic carbocycles. The lowest BCUT2D eigenvalue weighted by Gasteiger charge is -2.30. The van der Waals surface area contributed by atoms with E-state index in [-0.39, 0.29) is 18.6 Å². The molecule has 1 fully saturated rings. The first kappa shape index (κ1) is 25.5. The molecule has 8 heteroatoms. The van der Waals surface area contributed by atoms with E-state index in [1.807, 2.05) is 69.5 Å². The molecule has 2 atom stereocenters. The molecule has 2 aliphatic rings. The molecule has 192 valence electrons. The van der Waals surface area contributed by atoms with Gasteiger partial charge in [-0.15, -0.1) is 0 Å². The van der Waals surface area contributed by atoms with E-state index in [0.717, 1.165) is 29.5 Å². The second-order valence-electron chi connectivity index (χ2n) is 10.5. The second kappa shape index (κ2) is 10.6. The van der Waals surface area contributed by atoms with Crippen molar-refractivity contribution in [2.45, 2.75) is 57.8 Å². The van der Waals surface area contributed by atoms with Crippen LogP contribution < -0.4 is 10.5 Å². The summed E-state index contributed by atoms with van der Waals surface area (Å²) >= 11 is 0. The molecule has 2 amide bonds. The fraction of sp³-hybridized carbons (Fsp3) is 0.464. The average Bonchev–Trinajstić information content (AvgIpc) is 3.24. The Balaban J connectivity index is 1.68. The Morgan fingerprint density at radius 3 is 2.72 bits per heavy atom. The third-order valence-corrected chi connectivity index (χ3v) is 6.39. The maximum absolute atomic E-state index is 13.4. The molecule has 2 N–H and O–H groups in total. The van der Waals surface area contributed by atoms with Crippen LogP contribution in [0.2, 0.25) is 0 Å². The molecular weight excluding hydrogens is 456 g/mol. The van der Waals surface area contributed by atoms with Crippen molar-refractivity contribution in [3.8, 4) is 16.9 Å². The summed E-state index contributed by atoms with van der Waals surface area (Å²) in [5, 5.41) is 0. The molecule has 0 radical (unpaired) electrons. The number of aliphatic imine (C=N–C) groups is 1. The van der Waals surface area contributed by atoms with Crippen LogP contribution in [0, 0.1) is 0 Å². The van der Waals surface area contributed by atoms with Crippen LogP contribution in [0.15, 0.2) is 47.5 Å². The largest absolute Gasteiger partial charge is 0.488 e. The number of likely N-dealkylation sites (tertiary alicyclic amines) is 1. The van der Waals surface area contributed by atoms with E-state index in [0.29, 0.717) is 30.9 Å². The Hall–Kier alpha value is -3.55. The van der Waals surface area contributed by atoms with Crippen molar-refractivity contribution in [1.29, 1.82) is 0 Å². The number of nitrogens with two attached hydrogens (primary N) is 1. The fourth-order valence-electron chi connectivity index (χ4n) is 4.62. The zero-order valence-corrected chi connectivity index (χ0v) is 21.6. The fourth-order valence-corrected chi connectivity index (χ4v) is 4.62. The van der Waals surface area contributed by atoms with Gasteiger partial charge in [0, 0.05) is 44.0 Å². The molecule has 0 spiro atoms. The van der Waals surface area contributed by atoms with Gasteiger partial charge < -0.3 is 20.1 Å². The SMILES string of the molecule is CN1CCCCN=Cc2c(N)cccc2-c2cccc(c2)OC2CC(C1=O)N(C(=O)OC(C)(C)C)C2. The minimum absolute atomic E-state index is 0.103. The van der Waals surface area contributed by atoms with Crippen LogP contribution in [-0.2, 0) is 9.53 Å². The Labute approximate surface area is 213 Å². The number of hydrogen-bond acceptors (Lipinski definition) is 6. The van der Waals surface area contributed by atoms with Gasteiger partial charge in [-0.25, -0.2) is 4.79 Å². The van der Waals surface area contributed by atoms with E-state index < -0.39 is 17.7 Å². The zero-order chi connectivity index (χ0) is 25.9. The van der Waals surface area contributed by atoms with Gasteiger partial charge in [0.2, 0.25) is 5.91 Å². The van der Waals surface area contributed by atoms with E-state index >= 15 is 0 Å². The minimum atomic E-state index is -0.659. The molecule has 2 aliphatic heterocycles. The highest BCUT2D eigenvalue weighted by Gasteiger charge is 2.43. The highest BCUT2D eigenvalue weighted by Crippen LogP contribution is 2.32. The summed E-state index contributed by atoms with van der Waals surface area (Å²) in [6.45, 7) is 6.95. The number of benzene rings is 2. The van der Waals surface area contributed by atoms with Crippen LogP contribution in [-0.4, -0.2) is 72.4 Å². The Morgan fingerprint density at radius 2 is 1.94 bits per heavy atom. The molecular formula is C28H36N4O4. The van der Waals surface area contributed by atoms with Crippen molar-refractivity contribution in [2.24, 2.45) is 4.99 Å². The van der Waals surface area contributed by atoms with Crippen LogP contribution in [0.5, 0.6) is 5.75 Å². The normalized spacial score (nSPS) is 20.9. The van der Waals surface area contributed by atoms with Crippen LogP contribution in [0.3, 0.4) is 0 Å². The number of amides is 2. The molecule has 1 saturated heterocycles. The van der Waals surface area contributed by atoms with Gasteiger partial charge in [0.25, 0.3) is 0 Å². The number of nitrogens with zero attached hydrogens (tertiary/aromatic N) is 3. The Morgan fingerprint density at radius 1 is 1.17 bits per heavy atom. The molecule has 2 heterocycles. The topological polar surface area (TPSA) is 97.5 Å². The number of nitrogen functional groups attached to an aromatic ring is 1. The predicted molar refractivity (Wildman–Crippen MR) is 141 cm³/mol.